The zero-order valence-electron chi connectivity index (χ0n) is 12.9. The fourth-order valence-corrected chi connectivity index (χ4v) is 4.10. The Morgan fingerprint density at radius 2 is 2.14 bits per heavy atom. The highest BCUT2D eigenvalue weighted by molar-refractivity contribution is 8.03. The molecule has 0 saturated carbocycles. The van der Waals surface area contributed by atoms with Crippen LogP contribution >= 0.6 is 11.8 Å². The van der Waals surface area contributed by atoms with Gasteiger partial charge in [-0.15, -0.1) is 11.8 Å². The van der Waals surface area contributed by atoms with Crippen molar-refractivity contribution in [3.8, 4) is 0 Å². The number of rotatable bonds is 4. The highest BCUT2D eigenvalue weighted by Crippen LogP contribution is 2.42. The van der Waals surface area contributed by atoms with Crippen molar-refractivity contribution >= 4 is 23.4 Å². The number of carbonyl (C=O) groups is 1. The van der Waals surface area contributed by atoms with E-state index in [1.807, 2.05) is 30.3 Å². The number of ether oxygens (including phenoxy) is 1. The maximum atomic E-state index is 12.2. The van der Waals surface area contributed by atoms with Crippen LogP contribution in [0.15, 0.2) is 46.4 Å². The van der Waals surface area contributed by atoms with Gasteiger partial charge in [-0.2, -0.15) is 0 Å². The van der Waals surface area contributed by atoms with Gasteiger partial charge in [-0.05, 0) is 23.8 Å². The summed E-state index contributed by atoms with van der Waals surface area (Å²) in [5.74, 6) is 0.145. The molecule has 0 radical (unpaired) electrons. The summed E-state index contributed by atoms with van der Waals surface area (Å²) in [5, 5.41) is 2.29. The lowest BCUT2D eigenvalue weighted by molar-refractivity contribution is -0.137. The van der Waals surface area contributed by atoms with E-state index in [9.17, 15) is 4.79 Å². The Morgan fingerprint density at radius 1 is 1.36 bits per heavy atom. The summed E-state index contributed by atoms with van der Waals surface area (Å²) in [6.45, 7) is 0.307. The fraction of sp³-hybridized carbons (Fsp3) is 0.412. The van der Waals surface area contributed by atoms with Crippen LogP contribution in [-0.4, -0.2) is 36.1 Å². The number of hydrogen-bond donors (Lipinski definition) is 0. The Bertz CT molecular complexity index is 610. The summed E-state index contributed by atoms with van der Waals surface area (Å²) >= 11 is 1.70. The first-order chi connectivity index (χ1) is 10.6. The summed E-state index contributed by atoms with van der Waals surface area (Å²) in [5.41, 5.74) is 2.89. The van der Waals surface area contributed by atoms with Gasteiger partial charge in [0.1, 0.15) is 17.7 Å². The first kappa shape index (κ1) is 15.2. The van der Waals surface area contributed by atoms with Gasteiger partial charge >= 0.3 is 5.97 Å². The minimum absolute atomic E-state index is 0.130. The quantitative estimate of drug-likeness (QED) is 0.801. The third kappa shape index (κ3) is 3.19. The normalized spacial score (nSPS) is 23.4. The topological polar surface area (TPSA) is 41.9 Å². The Balaban J connectivity index is 1.60. The van der Waals surface area contributed by atoms with E-state index in [2.05, 4.69) is 29.4 Å². The van der Waals surface area contributed by atoms with Crippen LogP contribution in [0.25, 0.3) is 0 Å². The molecule has 0 N–H and O–H groups in total. The van der Waals surface area contributed by atoms with Gasteiger partial charge < -0.3 is 9.64 Å². The summed E-state index contributed by atoms with van der Waals surface area (Å²) in [4.78, 5) is 18.9. The molecule has 116 valence electrons. The molecular weight excluding hydrogens is 296 g/mol. The molecule has 0 amide bonds. The van der Waals surface area contributed by atoms with Crippen LogP contribution in [0.1, 0.15) is 18.4 Å². The van der Waals surface area contributed by atoms with E-state index in [4.69, 9.17) is 4.74 Å². The molecule has 1 aromatic carbocycles. The molecule has 0 fully saturated rings. The molecule has 0 bridgehead atoms. The second kappa shape index (κ2) is 6.57. The van der Waals surface area contributed by atoms with Crippen LogP contribution in [0.3, 0.4) is 0 Å². The average Bonchev–Trinajstić information content (AvgIpc) is 2.97. The van der Waals surface area contributed by atoms with Gasteiger partial charge in [-0.3, -0.25) is 4.99 Å². The van der Waals surface area contributed by atoms with Gasteiger partial charge in [0.05, 0.1) is 0 Å². The molecule has 2 heterocycles. The highest BCUT2D eigenvalue weighted by Gasteiger charge is 2.36. The predicted molar refractivity (Wildman–Crippen MR) is 89.5 cm³/mol. The van der Waals surface area contributed by atoms with Crippen molar-refractivity contribution in [2.24, 2.45) is 10.9 Å². The minimum atomic E-state index is -0.277. The van der Waals surface area contributed by atoms with E-state index in [-0.39, 0.29) is 11.3 Å². The maximum Gasteiger partial charge on any atom is 0.352 e. The lowest BCUT2D eigenvalue weighted by atomic mass is 9.94. The van der Waals surface area contributed by atoms with Gasteiger partial charge in [-0.1, -0.05) is 30.3 Å². The van der Waals surface area contributed by atoms with E-state index < -0.39 is 0 Å². The van der Waals surface area contributed by atoms with Crippen molar-refractivity contribution in [1.82, 2.24) is 4.90 Å². The molecule has 3 rings (SSSR count). The van der Waals surface area contributed by atoms with Gasteiger partial charge in [0.25, 0.3) is 0 Å². The molecule has 4 nitrogen and oxygen atoms in total. The SMILES string of the molecule is CN(C)C1=CSC2N=C(C(=O)OCc3ccccc3)CCC12. The number of hydrogen-bond acceptors (Lipinski definition) is 5. The van der Waals surface area contributed by atoms with E-state index in [0.717, 1.165) is 12.0 Å². The van der Waals surface area contributed by atoms with Crippen LogP contribution in [0.2, 0.25) is 0 Å². The number of benzene rings is 1. The summed E-state index contributed by atoms with van der Waals surface area (Å²) in [6.07, 6.45) is 1.65. The number of esters is 1. The Morgan fingerprint density at radius 3 is 2.86 bits per heavy atom. The lowest BCUT2D eigenvalue weighted by Gasteiger charge is -2.27. The maximum absolute atomic E-state index is 12.2. The molecule has 2 atom stereocenters. The second-order valence-electron chi connectivity index (χ2n) is 5.75. The Hall–Kier alpha value is -1.75. The number of nitrogens with zero attached hydrogens (tertiary/aromatic N) is 2. The van der Waals surface area contributed by atoms with Crippen LogP contribution < -0.4 is 0 Å². The van der Waals surface area contributed by atoms with Crippen LogP contribution in [0.5, 0.6) is 0 Å². The third-order valence-corrected chi connectivity index (χ3v) is 5.08. The van der Waals surface area contributed by atoms with Crippen molar-refractivity contribution in [2.75, 3.05) is 14.1 Å². The zero-order chi connectivity index (χ0) is 15.5. The number of aliphatic imine (C=N–C) groups is 1. The summed E-state index contributed by atoms with van der Waals surface area (Å²) in [6, 6.07) is 9.73. The van der Waals surface area contributed by atoms with E-state index in [1.54, 1.807) is 11.8 Å². The number of thioether (sulfide) groups is 1. The van der Waals surface area contributed by atoms with Crippen molar-refractivity contribution in [2.45, 2.75) is 24.8 Å². The Kier molecular flexibility index (Phi) is 4.52. The number of fused-ring (bicyclic) bond motifs is 1. The molecule has 0 aliphatic carbocycles. The van der Waals surface area contributed by atoms with Gasteiger partial charge in [0.15, 0.2) is 0 Å². The first-order valence-electron chi connectivity index (χ1n) is 7.45. The van der Waals surface area contributed by atoms with E-state index in [0.29, 0.717) is 24.7 Å². The molecule has 5 heteroatoms. The predicted octanol–water partition coefficient (Wildman–Crippen LogP) is 3.06. The van der Waals surface area contributed by atoms with Crippen molar-refractivity contribution in [3.63, 3.8) is 0 Å². The van der Waals surface area contributed by atoms with Crippen LogP contribution in [0, 0.1) is 5.92 Å². The molecule has 2 aliphatic rings. The minimum Gasteiger partial charge on any atom is -0.456 e. The monoisotopic (exact) mass is 316 g/mol. The van der Waals surface area contributed by atoms with Crippen molar-refractivity contribution in [1.29, 1.82) is 0 Å². The standard InChI is InChI=1S/C17H20N2O2S/c1-19(2)15-11-22-16-13(15)8-9-14(18-16)17(20)21-10-12-6-4-3-5-7-12/h3-7,11,13,16H,8-10H2,1-2H3. The van der Waals surface area contributed by atoms with Crippen LogP contribution in [-0.2, 0) is 16.1 Å². The first-order valence-corrected chi connectivity index (χ1v) is 8.40. The molecule has 1 aromatic rings. The zero-order valence-corrected chi connectivity index (χ0v) is 13.7. The van der Waals surface area contributed by atoms with Crippen molar-refractivity contribution < 1.29 is 9.53 Å². The number of carbonyl (C=O) groups excluding carboxylic acids is 1. The largest absolute Gasteiger partial charge is 0.456 e. The molecule has 0 aromatic heterocycles. The van der Waals surface area contributed by atoms with E-state index in [1.165, 1.54) is 5.70 Å². The molecule has 22 heavy (non-hydrogen) atoms. The third-order valence-electron chi connectivity index (χ3n) is 3.99. The van der Waals surface area contributed by atoms with Crippen LogP contribution in [0.4, 0.5) is 0 Å². The second-order valence-corrected chi connectivity index (χ2v) is 6.74. The smallest absolute Gasteiger partial charge is 0.352 e. The molecule has 2 aliphatic heterocycles. The molecule has 0 saturated heterocycles. The lowest BCUT2D eigenvalue weighted by Crippen LogP contribution is -2.30. The van der Waals surface area contributed by atoms with Gasteiger partial charge in [0, 0.05) is 25.7 Å². The molecular formula is C17H20N2O2S. The summed E-state index contributed by atoms with van der Waals surface area (Å²) < 4.78 is 5.38. The average molecular weight is 316 g/mol. The van der Waals surface area contributed by atoms with E-state index >= 15 is 0 Å². The molecule has 2 unspecified atom stereocenters. The Labute approximate surface area is 135 Å². The molecule has 0 spiro atoms. The van der Waals surface area contributed by atoms with Crippen molar-refractivity contribution in [3.05, 3.63) is 47.0 Å². The van der Waals surface area contributed by atoms with Gasteiger partial charge in [-0.25, -0.2) is 4.79 Å². The highest BCUT2D eigenvalue weighted by atomic mass is 32.2. The fourth-order valence-electron chi connectivity index (χ4n) is 2.79. The summed E-state index contributed by atoms with van der Waals surface area (Å²) in [7, 11) is 4.12. The van der Waals surface area contributed by atoms with Gasteiger partial charge in [0.2, 0.25) is 0 Å².